The number of pyridine rings is 2. The van der Waals surface area contributed by atoms with Gasteiger partial charge in [0.1, 0.15) is 11.6 Å². The van der Waals surface area contributed by atoms with Crippen LogP contribution in [-0.2, 0) is 17.8 Å². The van der Waals surface area contributed by atoms with Crippen molar-refractivity contribution < 1.29 is 31.9 Å². The first-order chi connectivity index (χ1) is 15.6. The van der Waals surface area contributed by atoms with Gasteiger partial charge in [0.05, 0.1) is 0 Å². The zero-order chi connectivity index (χ0) is 24.0. The maximum atomic E-state index is 13.3. The highest BCUT2D eigenvalue weighted by Gasteiger charge is 2.29. The molecular weight excluding hydrogens is 442 g/mol. The van der Waals surface area contributed by atoms with Gasteiger partial charge in [0, 0.05) is 42.2 Å². The number of amides is 1. The summed E-state index contributed by atoms with van der Waals surface area (Å²) in [7, 11) is 0. The normalized spacial score (nSPS) is 11.2. The van der Waals surface area contributed by atoms with Crippen molar-refractivity contribution in [1.82, 2.24) is 15.3 Å². The fourth-order valence-corrected chi connectivity index (χ4v) is 2.95. The third kappa shape index (κ3) is 7.09. The fraction of sp³-hybridized carbons (Fsp3) is 0.217. The van der Waals surface area contributed by atoms with E-state index in [1.165, 1.54) is 61.8 Å². The third-order valence-corrected chi connectivity index (χ3v) is 4.40. The van der Waals surface area contributed by atoms with Crippen LogP contribution in [0.2, 0.25) is 0 Å². The number of hydrogen-bond acceptors (Lipinski definition) is 5. The summed E-state index contributed by atoms with van der Waals surface area (Å²) in [6, 6.07) is 9.63. The number of benzene rings is 1. The van der Waals surface area contributed by atoms with Crippen LogP contribution in [0.25, 0.3) is 11.1 Å². The lowest BCUT2D eigenvalue weighted by Crippen LogP contribution is -2.23. The molecule has 0 radical (unpaired) electrons. The maximum Gasteiger partial charge on any atom is 0.422 e. The highest BCUT2D eigenvalue weighted by atomic mass is 19.4. The van der Waals surface area contributed by atoms with E-state index in [-0.39, 0.29) is 30.2 Å². The van der Waals surface area contributed by atoms with Crippen LogP contribution in [0, 0.1) is 5.82 Å². The number of carbonyl (C=O) groups excluding carboxylic acids is 2. The zero-order valence-corrected chi connectivity index (χ0v) is 17.4. The first-order valence-electron chi connectivity index (χ1n) is 9.78. The predicted octanol–water partition coefficient (Wildman–Crippen LogP) is 4.29. The van der Waals surface area contributed by atoms with E-state index >= 15 is 0 Å². The largest absolute Gasteiger partial charge is 0.468 e. The van der Waals surface area contributed by atoms with Gasteiger partial charge in [-0.1, -0.05) is 12.1 Å². The number of carbonyl (C=O) groups is 2. The van der Waals surface area contributed by atoms with Gasteiger partial charge >= 0.3 is 6.18 Å². The Kier molecular flexibility index (Phi) is 7.37. The molecule has 0 aliphatic rings. The van der Waals surface area contributed by atoms with Crippen LogP contribution < -0.4 is 10.1 Å². The molecule has 0 saturated carbocycles. The van der Waals surface area contributed by atoms with Gasteiger partial charge < -0.3 is 10.1 Å². The van der Waals surface area contributed by atoms with Crippen molar-refractivity contribution in [2.75, 3.05) is 6.61 Å². The van der Waals surface area contributed by atoms with Crippen molar-refractivity contribution in [3.63, 3.8) is 0 Å². The molecule has 1 amide bonds. The van der Waals surface area contributed by atoms with E-state index in [0.29, 0.717) is 22.4 Å². The van der Waals surface area contributed by atoms with Crippen LogP contribution in [-0.4, -0.2) is 34.4 Å². The number of Topliss-reactive ketones (excluding diaryl/α,β-unsaturated/α-hetero) is 1. The minimum Gasteiger partial charge on any atom is -0.468 e. The molecular formula is C23H19F4N3O3. The summed E-state index contributed by atoms with van der Waals surface area (Å²) in [5.41, 5.74) is 1.87. The number of halogens is 4. The summed E-state index contributed by atoms with van der Waals surface area (Å²) in [4.78, 5) is 31.8. The van der Waals surface area contributed by atoms with Crippen LogP contribution in [0.15, 0.2) is 54.9 Å². The van der Waals surface area contributed by atoms with E-state index in [4.69, 9.17) is 4.74 Å². The Bertz CT molecular complexity index is 1150. The Morgan fingerprint density at radius 2 is 1.79 bits per heavy atom. The van der Waals surface area contributed by atoms with Gasteiger partial charge in [-0.25, -0.2) is 9.37 Å². The quantitative estimate of drug-likeness (QED) is 0.507. The molecule has 3 rings (SSSR count). The van der Waals surface area contributed by atoms with Gasteiger partial charge in [0.25, 0.3) is 5.91 Å². The molecule has 3 aromatic rings. The minimum atomic E-state index is -4.56. The summed E-state index contributed by atoms with van der Waals surface area (Å²) in [6.07, 6.45) is -1.74. The molecule has 0 spiro atoms. The molecule has 2 aromatic heterocycles. The average Bonchev–Trinajstić information content (AvgIpc) is 2.76. The molecule has 2 heterocycles. The van der Waals surface area contributed by atoms with E-state index < -0.39 is 24.5 Å². The van der Waals surface area contributed by atoms with Crippen molar-refractivity contribution in [2.45, 2.75) is 26.1 Å². The second-order valence-corrected chi connectivity index (χ2v) is 7.20. The van der Waals surface area contributed by atoms with Crippen LogP contribution in [0.1, 0.15) is 28.5 Å². The summed E-state index contributed by atoms with van der Waals surface area (Å²) >= 11 is 0. The number of ether oxygens (including phenoxy) is 1. The Morgan fingerprint density at radius 3 is 2.45 bits per heavy atom. The molecule has 0 bridgehead atoms. The van der Waals surface area contributed by atoms with Crippen LogP contribution in [0.4, 0.5) is 17.6 Å². The highest BCUT2D eigenvalue weighted by molar-refractivity contribution is 5.94. The molecule has 0 fully saturated rings. The van der Waals surface area contributed by atoms with E-state index in [0.717, 1.165) is 0 Å². The molecule has 10 heteroatoms. The van der Waals surface area contributed by atoms with E-state index in [1.807, 2.05) is 0 Å². The highest BCUT2D eigenvalue weighted by Crippen LogP contribution is 2.30. The van der Waals surface area contributed by atoms with Gasteiger partial charge in [-0.05, 0) is 48.4 Å². The molecule has 0 aliphatic carbocycles. The first kappa shape index (κ1) is 23.8. The molecule has 0 unspecified atom stereocenters. The lowest BCUT2D eigenvalue weighted by Gasteiger charge is -2.14. The first-order valence-corrected chi connectivity index (χ1v) is 9.78. The topological polar surface area (TPSA) is 81.2 Å². The second kappa shape index (κ2) is 10.2. The van der Waals surface area contributed by atoms with Crippen molar-refractivity contribution in [2.24, 2.45) is 0 Å². The Hall–Kier alpha value is -3.82. The van der Waals surface area contributed by atoms with Crippen LogP contribution in [0.5, 0.6) is 5.88 Å². The summed E-state index contributed by atoms with van der Waals surface area (Å²) in [5.74, 6) is -1.29. The number of ketones is 1. The van der Waals surface area contributed by atoms with Crippen molar-refractivity contribution in [1.29, 1.82) is 0 Å². The predicted molar refractivity (Wildman–Crippen MR) is 111 cm³/mol. The molecule has 1 N–H and O–H groups in total. The molecule has 33 heavy (non-hydrogen) atoms. The lowest BCUT2D eigenvalue weighted by atomic mass is 10.0. The summed E-state index contributed by atoms with van der Waals surface area (Å²) < 4.78 is 55.9. The monoisotopic (exact) mass is 461 g/mol. The van der Waals surface area contributed by atoms with Crippen molar-refractivity contribution >= 4 is 11.7 Å². The standard InChI is InChI=1S/C23H19F4N3O3/c1-14(31)8-19-10-17(6-7-28-19)21(32)29-11-15-9-20(16-2-4-18(24)5-3-16)22(30-12-15)33-13-23(25,26)27/h2-7,9-10,12H,8,11,13H2,1H3,(H,29,32). The number of nitrogens with zero attached hydrogens (tertiary/aromatic N) is 2. The number of alkyl halides is 3. The number of aromatic nitrogens is 2. The molecule has 6 nitrogen and oxygen atoms in total. The Balaban J connectivity index is 1.79. The lowest BCUT2D eigenvalue weighted by molar-refractivity contribution is -0.154. The molecule has 0 saturated heterocycles. The Morgan fingerprint density at radius 1 is 1.06 bits per heavy atom. The third-order valence-electron chi connectivity index (χ3n) is 4.40. The molecule has 1 aromatic carbocycles. The van der Waals surface area contributed by atoms with Crippen LogP contribution >= 0.6 is 0 Å². The van der Waals surface area contributed by atoms with E-state index in [9.17, 15) is 27.2 Å². The maximum absolute atomic E-state index is 13.3. The molecule has 0 aliphatic heterocycles. The van der Waals surface area contributed by atoms with E-state index in [1.54, 1.807) is 0 Å². The number of rotatable bonds is 8. The molecule has 172 valence electrons. The van der Waals surface area contributed by atoms with Gasteiger partial charge in [0.15, 0.2) is 6.61 Å². The molecule has 0 atom stereocenters. The zero-order valence-electron chi connectivity index (χ0n) is 17.4. The van der Waals surface area contributed by atoms with Gasteiger partial charge in [0.2, 0.25) is 5.88 Å². The van der Waals surface area contributed by atoms with E-state index in [2.05, 4.69) is 15.3 Å². The number of nitrogens with one attached hydrogen (secondary N) is 1. The van der Waals surface area contributed by atoms with Gasteiger partial charge in [-0.2, -0.15) is 13.2 Å². The minimum absolute atomic E-state index is 0.0178. The smallest absolute Gasteiger partial charge is 0.422 e. The van der Waals surface area contributed by atoms with Crippen molar-refractivity contribution in [3.05, 3.63) is 77.5 Å². The van der Waals surface area contributed by atoms with Gasteiger partial charge in [-0.15, -0.1) is 0 Å². The van der Waals surface area contributed by atoms with Gasteiger partial charge in [-0.3, -0.25) is 14.6 Å². The fourth-order valence-electron chi connectivity index (χ4n) is 2.95. The summed E-state index contributed by atoms with van der Waals surface area (Å²) in [6.45, 7) is -0.0962. The Labute approximate surface area is 186 Å². The van der Waals surface area contributed by atoms with Crippen LogP contribution in [0.3, 0.4) is 0 Å². The SMILES string of the molecule is CC(=O)Cc1cc(C(=O)NCc2cnc(OCC(F)(F)F)c(-c3ccc(F)cc3)c2)ccn1. The average molecular weight is 461 g/mol. The second-order valence-electron chi connectivity index (χ2n) is 7.20. The van der Waals surface area contributed by atoms with Crippen molar-refractivity contribution in [3.8, 4) is 17.0 Å². The summed E-state index contributed by atoms with van der Waals surface area (Å²) in [5, 5.41) is 2.69. The number of hydrogen-bond donors (Lipinski definition) is 1.